The number of ether oxygens (including phenoxy) is 2. The highest BCUT2D eigenvalue weighted by Crippen LogP contribution is 2.31. The van der Waals surface area contributed by atoms with Crippen LogP contribution < -0.4 is 19.1 Å². The molecule has 0 aliphatic carbocycles. The van der Waals surface area contributed by atoms with Crippen molar-refractivity contribution >= 4 is 38.9 Å². The minimum absolute atomic E-state index is 0.121. The van der Waals surface area contributed by atoms with Crippen LogP contribution in [0.2, 0.25) is 5.02 Å². The number of carbonyl (C=O) groups excluding carboxylic acids is 1. The quantitative estimate of drug-likeness (QED) is 0.417. The van der Waals surface area contributed by atoms with E-state index in [0.717, 1.165) is 6.26 Å². The average molecular weight is 489 g/mol. The van der Waals surface area contributed by atoms with Crippen molar-refractivity contribution in [3.8, 4) is 17.2 Å². The Hall–Kier alpha value is -3.23. The second kappa shape index (κ2) is 11.1. The van der Waals surface area contributed by atoms with Crippen molar-refractivity contribution in [2.75, 3.05) is 29.5 Å². The third-order valence-corrected chi connectivity index (χ3v) is 6.21. The van der Waals surface area contributed by atoms with Gasteiger partial charge in [0.1, 0.15) is 11.5 Å². The highest BCUT2D eigenvalue weighted by Gasteiger charge is 2.19. The Morgan fingerprint density at radius 3 is 2.36 bits per heavy atom. The van der Waals surface area contributed by atoms with Crippen LogP contribution in [0.15, 0.2) is 72.8 Å². The van der Waals surface area contributed by atoms with Gasteiger partial charge >= 0.3 is 0 Å². The van der Waals surface area contributed by atoms with Crippen molar-refractivity contribution in [3.63, 3.8) is 0 Å². The van der Waals surface area contributed by atoms with Crippen molar-refractivity contribution in [2.45, 2.75) is 12.8 Å². The number of methoxy groups -OCH3 is 1. The van der Waals surface area contributed by atoms with Crippen LogP contribution >= 0.6 is 11.6 Å². The van der Waals surface area contributed by atoms with Crippen LogP contribution in [0.5, 0.6) is 17.2 Å². The number of rotatable bonds is 10. The van der Waals surface area contributed by atoms with Crippen LogP contribution in [-0.2, 0) is 14.8 Å². The lowest BCUT2D eigenvalue weighted by molar-refractivity contribution is -0.116. The molecule has 3 rings (SSSR count). The van der Waals surface area contributed by atoms with Gasteiger partial charge in [-0.3, -0.25) is 9.10 Å². The fraction of sp³-hybridized carbons (Fsp3) is 0.208. The molecule has 0 bridgehead atoms. The number of sulfonamides is 1. The van der Waals surface area contributed by atoms with Gasteiger partial charge in [-0.15, -0.1) is 0 Å². The van der Waals surface area contributed by atoms with Crippen LogP contribution in [0.25, 0.3) is 0 Å². The van der Waals surface area contributed by atoms with Gasteiger partial charge in [-0.1, -0.05) is 41.9 Å². The summed E-state index contributed by atoms with van der Waals surface area (Å²) in [6.45, 7) is 0.122. The Labute approximate surface area is 198 Å². The number of anilines is 2. The smallest absolute Gasteiger partial charge is 0.232 e. The maximum atomic E-state index is 12.6. The van der Waals surface area contributed by atoms with Crippen molar-refractivity contribution in [3.05, 3.63) is 77.8 Å². The predicted octanol–water partition coefficient (Wildman–Crippen LogP) is 5.33. The number of para-hydroxylation sites is 3. The number of hydrogen-bond donors (Lipinski definition) is 1. The Bertz CT molecular complexity index is 1200. The molecule has 9 heteroatoms. The molecule has 0 heterocycles. The van der Waals surface area contributed by atoms with Crippen LogP contribution in [0.4, 0.5) is 11.4 Å². The zero-order valence-electron chi connectivity index (χ0n) is 18.3. The summed E-state index contributed by atoms with van der Waals surface area (Å²) in [6, 6.07) is 21.1. The molecule has 0 atom stereocenters. The molecule has 0 saturated carbocycles. The summed E-state index contributed by atoms with van der Waals surface area (Å²) >= 11 is 6.15. The third-order valence-electron chi connectivity index (χ3n) is 4.72. The molecule has 33 heavy (non-hydrogen) atoms. The predicted molar refractivity (Wildman–Crippen MR) is 131 cm³/mol. The lowest BCUT2D eigenvalue weighted by Crippen LogP contribution is -2.31. The SMILES string of the molecule is COc1ccc(N(CCCC(=O)Nc2ccccc2Oc2ccccc2)S(C)(=O)=O)cc1Cl. The van der Waals surface area contributed by atoms with Gasteiger partial charge in [0.15, 0.2) is 5.75 Å². The Morgan fingerprint density at radius 2 is 1.70 bits per heavy atom. The molecule has 3 aromatic rings. The van der Waals surface area contributed by atoms with Crippen LogP contribution in [0.1, 0.15) is 12.8 Å². The molecule has 1 amide bonds. The maximum Gasteiger partial charge on any atom is 0.232 e. The summed E-state index contributed by atoms with van der Waals surface area (Å²) in [5.41, 5.74) is 0.943. The largest absolute Gasteiger partial charge is 0.495 e. The van der Waals surface area contributed by atoms with E-state index in [2.05, 4.69) is 5.32 Å². The number of amides is 1. The maximum absolute atomic E-state index is 12.6. The second-order valence-electron chi connectivity index (χ2n) is 7.22. The zero-order valence-corrected chi connectivity index (χ0v) is 19.9. The van der Waals surface area contributed by atoms with E-state index in [0.29, 0.717) is 40.1 Å². The van der Waals surface area contributed by atoms with Gasteiger partial charge in [-0.05, 0) is 48.9 Å². The van der Waals surface area contributed by atoms with Gasteiger partial charge in [0.2, 0.25) is 15.9 Å². The van der Waals surface area contributed by atoms with Crippen molar-refractivity contribution in [1.82, 2.24) is 0 Å². The van der Waals surface area contributed by atoms with E-state index in [1.165, 1.54) is 17.5 Å². The third kappa shape index (κ3) is 6.87. The van der Waals surface area contributed by atoms with E-state index in [-0.39, 0.29) is 18.9 Å². The fourth-order valence-electron chi connectivity index (χ4n) is 3.17. The van der Waals surface area contributed by atoms with Gasteiger partial charge in [0.25, 0.3) is 0 Å². The van der Waals surface area contributed by atoms with E-state index in [9.17, 15) is 13.2 Å². The molecular formula is C24H25ClN2O5S. The van der Waals surface area contributed by atoms with E-state index in [1.54, 1.807) is 30.3 Å². The van der Waals surface area contributed by atoms with E-state index in [1.807, 2.05) is 36.4 Å². The molecule has 0 spiro atoms. The standard InChI is InChI=1S/C24H25ClN2O5S/c1-31-22-15-14-18(17-20(22)25)27(33(2,29)30)16-8-13-24(28)26-21-11-6-7-12-23(21)32-19-9-4-3-5-10-19/h3-7,9-12,14-15,17H,8,13,16H2,1-2H3,(H,26,28). The van der Waals surface area contributed by atoms with Crippen molar-refractivity contribution in [1.29, 1.82) is 0 Å². The number of hydrogen-bond acceptors (Lipinski definition) is 5. The fourth-order valence-corrected chi connectivity index (χ4v) is 4.38. The monoisotopic (exact) mass is 488 g/mol. The molecule has 1 N–H and O–H groups in total. The van der Waals surface area contributed by atoms with Gasteiger partial charge in [0, 0.05) is 13.0 Å². The van der Waals surface area contributed by atoms with E-state index < -0.39 is 10.0 Å². The van der Waals surface area contributed by atoms with Gasteiger partial charge in [-0.2, -0.15) is 0 Å². The summed E-state index contributed by atoms with van der Waals surface area (Å²) < 4.78 is 36.8. The number of nitrogens with zero attached hydrogens (tertiary/aromatic N) is 1. The molecule has 3 aromatic carbocycles. The molecule has 0 aliphatic rings. The highest BCUT2D eigenvalue weighted by atomic mass is 35.5. The molecule has 0 aromatic heterocycles. The number of carbonyl (C=O) groups is 1. The first-order valence-corrected chi connectivity index (χ1v) is 12.4. The number of nitrogens with one attached hydrogen (secondary N) is 1. The first-order chi connectivity index (χ1) is 15.8. The van der Waals surface area contributed by atoms with E-state index in [4.69, 9.17) is 21.1 Å². The highest BCUT2D eigenvalue weighted by molar-refractivity contribution is 7.92. The molecule has 0 unspecified atom stereocenters. The summed E-state index contributed by atoms with van der Waals surface area (Å²) in [5.74, 6) is 1.37. The lowest BCUT2D eigenvalue weighted by Gasteiger charge is -2.23. The van der Waals surface area contributed by atoms with Gasteiger partial charge in [0.05, 0.1) is 29.8 Å². The average Bonchev–Trinajstić information content (AvgIpc) is 2.78. The van der Waals surface area contributed by atoms with Crippen molar-refractivity contribution < 1.29 is 22.7 Å². The summed E-state index contributed by atoms with van der Waals surface area (Å²) in [6.07, 6.45) is 1.54. The summed E-state index contributed by atoms with van der Waals surface area (Å²) in [4.78, 5) is 12.6. The summed E-state index contributed by atoms with van der Waals surface area (Å²) in [7, 11) is -2.09. The first kappa shape index (κ1) is 24.4. The molecule has 174 valence electrons. The van der Waals surface area contributed by atoms with Crippen LogP contribution in [0, 0.1) is 0 Å². The van der Waals surface area contributed by atoms with Crippen LogP contribution in [-0.4, -0.2) is 34.2 Å². The number of benzene rings is 3. The molecule has 7 nitrogen and oxygen atoms in total. The zero-order chi connectivity index (χ0) is 23.8. The number of halogens is 1. The molecule has 0 radical (unpaired) electrons. The molecule has 0 saturated heterocycles. The Kier molecular flexibility index (Phi) is 8.19. The molecular weight excluding hydrogens is 464 g/mol. The van der Waals surface area contributed by atoms with Gasteiger partial charge in [-0.25, -0.2) is 8.42 Å². The van der Waals surface area contributed by atoms with Crippen molar-refractivity contribution in [2.24, 2.45) is 0 Å². The minimum Gasteiger partial charge on any atom is -0.495 e. The van der Waals surface area contributed by atoms with Crippen LogP contribution in [0.3, 0.4) is 0 Å². The topological polar surface area (TPSA) is 84.9 Å². The lowest BCUT2D eigenvalue weighted by atomic mass is 10.2. The second-order valence-corrected chi connectivity index (χ2v) is 9.53. The Morgan fingerprint density at radius 1 is 1.00 bits per heavy atom. The Balaban J connectivity index is 1.63. The minimum atomic E-state index is -3.57. The normalized spacial score (nSPS) is 11.0. The summed E-state index contributed by atoms with van der Waals surface area (Å²) in [5, 5.41) is 3.14. The molecule has 0 fully saturated rings. The van der Waals surface area contributed by atoms with E-state index >= 15 is 0 Å². The van der Waals surface area contributed by atoms with Gasteiger partial charge < -0.3 is 14.8 Å². The first-order valence-electron chi connectivity index (χ1n) is 10.2. The molecule has 0 aliphatic heterocycles.